The number of nitrogens with zero attached hydrogens (tertiary/aromatic N) is 1. The van der Waals surface area contributed by atoms with Crippen LogP contribution in [0.15, 0.2) is 18.2 Å². The van der Waals surface area contributed by atoms with Gasteiger partial charge in [-0.2, -0.15) is 11.8 Å². The number of hydrogen-bond donors (Lipinski definition) is 2. The lowest BCUT2D eigenvalue weighted by Crippen LogP contribution is -2.46. The van der Waals surface area contributed by atoms with E-state index in [9.17, 15) is 9.90 Å². The molecule has 5 heteroatoms. The highest BCUT2D eigenvalue weighted by Gasteiger charge is 2.30. The number of rotatable bonds is 1. The molecule has 0 saturated carbocycles. The maximum atomic E-state index is 12.3. The molecule has 4 nitrogen and oxygen atoms in total. The molecule has 1 saturated heterocycles. The summed E-state index contributed by atoms with van der Waals surface area (Å²) in [5, 5.41) is 9.55. The molecule has 1 aliphatic heterocycles. The van der Waals surface area contributed by atoms with Gasteiger partial charge in [-0.1, -0.05) is 0 Å². The Labute approximate surface area is 111 Å². The molecule has 1 fully saturated rings. The topological polar surface area (TPSA) is 66.6 Å². The Balaban J connectivity index is 2.18. The Hall–Kier alpha value is -1.36. The number of phenolic OH excluding ortho intramolecular Hbond substituents is 1. The Morgan fingerprint density at radius 3 is 2.83 bits per heavy atom. The quantitative estimate of drug-likeness (QED) is 0.602. The van der Waals surface area contributed by atoms with Crippen molar-refractivity contribution in [1.82, 2.24) is 4.90 Å². The smallest absolute Gasteiger partial charge is 0.254 e. The molecule has 1 amide bonds. The Morgan fingerprint density at radius 2 is 2.22 bits per heavy atom. The van der Waals surface area contributed by atoms with E-state index in [1.807, 2.05) is 16.7 Å². The Bertz CT molecular complexity index is 474. The molecule has 18 heavy (non-hydrogen) atoms. The Kier molecular flexibility index (Phi) is 3.43. The van der Waals surface area contributed by atoms with Gasteiger partial charge in [-0.3, -0.25) is 4.79 Å². The fraction of sp³-hybridized carbons (Fsp3) is 0.462. The van der Waals surface area contributed by atoms with E-state index in [0.717, 1.165) is 18.8 Å². The maximum absolute atomic E-state index is 12.3. The molecule has 0 spiro atoms. The second-order valence-corrected chi connectivity index (χ2v) is 6.91. The summed E-state index contributed by atoms with van der Waals surface area (Å²) in [6.45, 7) is 5.74. The van der Waals surface area contributed by atoms with E-state index in [4.69, 9.17) is 5.73 Å². The minimum Gasteiger partial charge on any atom is -0.506 e. The molecule has 1 aromatic rings. The largest absolute Gasteiger partial charge is 0.506 e. The van der Waals surface area contributed by atoms with Gasteiger partial charge in [0.05, 0.1) is 5.69 Å². The second kappa shape index (κ2) is 4.72. The highest BCUT2D eigenvalue weighted by Crippen LogP contribution is 2.30. The van der Waals surface area contributed by atoms with Crippen LogP contribution in [-0.4, -0.2) is 39.5 Å². The van der Waals surface area contributed by atoms with E-state index in [0.29, 0.717) is 11.3 Å². The van der Waals surface area contributed by atoms with Crippen molar-refractivity contribution in [2.45, 2.75) is 18.6 Å². The van der Waals surface area contributed by atoms with E-state index in [1.54, 1.807) is 12.1 Å². The monoisotopic (exact) mass is 266 g/mol. The van der Waals surface area contributed by atoms with Gasteiger partial charge in [0, 0.05) is 29.2 Å². The lowest BCUT2D eigenvalue weighted by atomic mass is 10.1. The van der Waals surface area contributed by atoms with Gasteiger partial charge in [0.2, 0.25) is 0 Å². The molecule has 3 N–H and O–H groups in total. The normalized spacial score (nSPS) is 18.7. The zero-order valence-electron chi connectivity index (χ0n) is 10.6. The van der Waals surface area contributed by atoms with Gasteiger partial charge in [-0.05, 0) is 32.0 Å². The third-order valence-electron chi connectivity index (χ3n) is 2.99. The van der Waals surface area contributed by atoms with Gasteiger partial charge in [-0.25, -0.2) is 0 Å². The molecule has 0 bridgehead atoms. The van der Waals surface area contributed by atoms with Crippen LogP contribution in [0.3, 0.4) is 0 Å². The van der Waals surface area contributed by atoms with Crippen molar-refractivity contribution in [2.75, 3.05) is 24.6 Å². The average molecular weight is 266 g/mol. The predicted octanol–water partition coefficient (Wildman–Crippen LogP) is 1.94. The van der Waals surface area contributed by atoms with Crippen molar-refractivity contribution in [3.05, 3.63) is 23.8 Å². The number of thioether (sulfide) groups is 1. The van der Waals surface area contributed by atoms with E-state index < -0.39 is 0 Å². The average Bonchev–Trinajstić information content (AvgIpc) is 2.30. The van der Waals surface area contributed by atoms with Crippen LogP contribution in [0, 0.1) is 0 Å². The van der Waals surface area contributed by atoms with Crippen molar-refractivity contribution < 1.29 is 9.90 Å². The minimum atomic E-state index is -0.0429. The number of carbonyl (C=O) groups is 1. The standard InChI is InChI=1S/C13H18N2O2S/c1-13(2)8-15(5-6-18-13)12(17)9-3-4-10(14)11(16)7-9/h3-4,7,16H,5-6,8,14H2,1-2H3. The van der Waals surface area contributed by atoms with Crippen molar-refractivity contribution in [2.24, 2.45) is 0 Å². The van der Waals surface area contributed by atoms with Crippen LogP contribution < -0.4 is 5.73 Å². The number of phenols is 1. The summed E-state index contributed by atoms with van der Waals surface area (Å²) in [6, 6.07) is 4.66. The van der Waals surface area contributed by atoms with Gasteiger partial charge >= 0.3 is 0 Å². The zero-order chi connectivity index (χ0) is 13.3. The number of hydrogen-bond acceptors (Lipinski definition) is 4. The van der Waals surface area contributed by atoms with E-state index in [2.05, 4.69) is 13.8 Å². The fourth-order valence-corrected chi connectivity index (χ4v) is 3.16. The highest BCUT2D eigenvalue weighted by atomic mass is 32.2. The van der Waals surface area contributed by atoms with E-state index in [1.165, 1.54) is 6.07 Å². The number of anilines is 1. The van der Waals surface area contributed by atoms with E-state index >= 15 is 0 Å². The molecular formula is C13H18N2O2S. The number of aromatic hydroxyl groups is 1. The summed E-state index contributed by atoms with van der Waals surface area (Å²) in [5.41, 5.74) is 6.32. The summed E-state index contributed by atoms with van der Waals surface area (Å²) in [6.07, 6.45) is 0. The molecule has 98 valence electrons. The molecular weight excluding hydrogens is 248 g/mol. The second-order valence-electron chi connectivity index (χ2n) is 5.11. The summed E-state index contributed by atoms with van der Waals surface area (Å²) in [4.78, 5) is 14.2. The Morgan fingerprint density at radius 1 is 1.50 bits per heavy atom. The molecule has 0 aliphatic carbocycles. The molecule has 1 aromatic carbocycles. The van der Waals surface area contributed by atoms with Crippen LogP contribution in [-0.2, 0) is 0 Å². The molecule has 1 heterocycles. The maximum Gasteiger partial charge on any atom is 0.254 e. The molecule has 0 atom stereocenters. The number of benzene rings is 1. The van der Waals surface area contributed by atoms with Gasteiger partial charge in [0.15, 0.2) is 0 Å². The lowest BCUT2D eigenvalue weighted by molar-refractivity contribution is 0.0747. The van der Waals surface area contributed by atoms with E-state index in [-0.39, 0.29) is 16.4 Å². The summed E-state index contributed by atoms with van der Waals surface area (Å²) in [5.74, 6) is 0.866. The van der Waals surface area contributed by atoms with Crippen LogP contribution in [0.1, 0.15) is 24.2 Å². The first-order chi connectivity index (χ1) is 8.39. The van der Waals surface area contributed by atoms with Crippen LogP contribution in [0.5, 0.6) is 5.75 Å². The van der Waals surface area contributed by atoms with Gasteiger partial charge in [0.25, 0.3) is 5.91 Å². The minimum absolute atomic E-state index is 0.0357. The first-order valence-electron chi connectivity index (χ1n) is 5.91. The third-order valence-corrected chi connectivity index (χ3v) is 4.29. The number of nitrogens with two attached hydrogens (primary N) is 1. The molecule has 0 aromatic heterocycles. The fourth-order valence-electron chi connectivity index (χ4n) is 2.05. The summed E-state index contributed by atoms with van der Waals surface area (Å²) < 4.78 is 0.0871. The number of nitrogen functional groups attached to an aromatic ring is 1. The molecule has 2 rings (SSSR count). The SMILES string of the molecule is CC1(C)CN(C(=O)c2ccc(N)c(O)c2)CCS1. The van der Waals surface area contributed by atoms with Crippen LogP contribution in [0.4, 0.5) is 5.69 Å². The molecule has 0 unspecified atom stereocenters. The van der Waals surface area contributed by atoms with Crippen molar-refractivity contribution >= 4 is 23.4 Å². The van der Waals surface area contributed by atoms with Gasteiger partial charge < -0.3 is 15.7 Å². The van der Waals surface area contributed by atoms with Gasteiger partial charge in [-0.15, -0.1) is 0 Å². The molecule has 1 aliphatic rings. The zero-order valence-corrected chi connectivity index (χ0v) is 11.5. The highest BCUT2D eigenvalue weighted by molar-refractivity contribution is 8.00. The predicted molar refractivity (Wildman–Crippen MR) is 75.0 cm³/mol. The lowest BCUT2D eigenvalue weighted by Gasteiger charge is -2.37. The van der Waals surface area contributed by atoms with Crippen molar-refractivity contribution in [3.8, 4) is 5.75 Å². The van der Waals surface area contributed by atoms with Crippen LogP contribution >= 0.6 is 11.8 Å². The van der Waals surface area contributed by atoms with Crippen LogP contribution in [0.2, 0.25) is 0 Å². The number of carbonyl (C=O) groups excluding carboxylic acids is 1. The summed E-state index contributed by atoms with van der Waals surface area (Å²) in [7, 11) is 0. The van der Waals surface area contributed by atoms with Crippen LogP contribution in [0.25, 0.3) is 0 Å². The molecule has 0 radical (unpaired) electrons. The van der Waals surface area contributed by atoms with Crippen molar-refractivity contribution in [3.63, 3.8) is 0 Å². The third kappa shape index (κ3) is 2.72. The first-order valence-corrected chi connectivity index (χ1v) is 6.89. The van der Waals surface area contributed by atoms with Crippen molar-refractivity contribution in [1.29, 1.82) is 0 Å². The number of amides is 1. The summed E-state index contributed by atoms with van der Waals surface area (Å²) >= 11 is 1.88. The first kappa shape index (κ1) is 13.1. The van der Waals surface area contributed by atoms with Gasteiger partial charge in [0.1, 0.15) is 5.75 Å².